The number of hydrogen-bond acceptors (Lipinski definition) is 2. The van der Waals surface area contributed by atoms with Gasteiger partial charge in [-0.15, -0.1) is 0 Å². The molecule has 2 heterocycles. The number of hydrogen-bond donors (Lipinski definition) is 1. The summed E-state index contributed by atoms with van der Waals surface area (Å²) in [7, 11) is 0. The minimum absolute atomic E-state index is 0.259. The first kappa shape index (κ1) is 9.88. The molecule has 17 heavy (non-hydrogen) atoms. The summed E-state index contributed by atoms with van der Waals surface area (Å²) in [5, 5.41) is 1.53. The Morgan fingerprint density at radius 3 is 2.53 bits per heavy atom. The lowest BCUT2D eigenvalue weighted by atomic mass is 9.57. The van der Waals surface area contributed by atoms with Crippen molar-refractivity contribution in [2.45, 2.75) is 24.9 Å². The molecule has 3 rings (SSSR count). The van der Waals surface area contributed by atoms with Crippen LogP contribution in [0.4, 0.5) is 13.2 Å². The third kappa shape index (κ3) is 1.82. The van der Waals surface area contributed by atoms with Gasteiger partial charge in [0.1, 0.15) is 7.11 Å². The van der Waals surface area contributed by atoms with Gasteiger partial charge in [-0.1, -0.05) is 6.07 Å². The zero-order valence-electron chi connectivity index (χ0n) is 10.2. The molecule has 0 atom stereocenters. The molecule has 92 valence electrons. The fraction of sp³-hybridized carbons (Fsp3) is 0.583. The topological polar surface area (TPSA) is 24.9 Å². The average Bonchev–Trinajstić information content (AvgIpc) is 2.20. The molecule has 0 unspecified atom stereocenters. The van der Waals surface area contributed by atoms with Crippen LogP contribution in [0.5, 0.6) is 0 Å². The van der Waals surface area contributed by atoms with E-state index in [1.807, 2.05) is 0 Å². The Balaban J connectivity index is 1.65. The summed E-state index contributed by atoms with van der Waals surface area (Å²) in [5.74, 6) is 0.313. The van der Waals surface area contributed by atoms with E-state index in [0.717, 1.165) is 37.6 Å². The Bertz CT molecular complexity index is 443. The summed E-state index contributed by atoms with van der Waals surface area (Å²) < 4.78 is 44.4. The number of rotatable bonds is 1. The first-order chi connectivity index (χ1) is 8.38. The van der Waals surface area contributed by atoms with E-state index in [1.165, 1.54) is 17.6 Å². The van der Waals surface area contributed by atoms with Gasteiger partial charge < -0.3 is 5.31 Å². The molecule has 5 heteroatoms. The van der Waals surface area contributed by atoms with Crippen LogP contribution in [0.25, 0.3) is 0 Å². The van der Waals surface area contributed by atoms with Crippen LogP contribution in [-0.4, -0.2) is 18.1 Å². The molecule has 2 aliphatic rings. The van der Waals surface area contributed by atoms with Gasteiger partial charge in [0.05, 0.1) is 0 Å². The van der Waals surface area contributed by atoms with Gasteiger partial charge in [-0.05, 0) is 35.8 Å². The second-order valence-electron chi connectivity index (χ2n) is 5.12. The number of aromatic nitrogens is 1. The molecule has 1 saturated heterocycles. The van der Waals surface area contributed by atoms with Crippen molar-refractivity contribution in [3.05, 3.63) is 29.6 Å². The van der Waals surface area contributed by atoms with Crippen molar-refractivity contribution in [1.82, 2.24) is 10.3 Å². The molecule has 0 radical (unpaired) electrons. The second-order valence-corrected chi connectivity index (χ2v) is 5.12. The minimum Gasteiger partial charge on any atom is -0.316 e. The highest BCUT2D eigenvalue weighted by atomic mass is 19.4. The highest BCUT2D eigenvalue weighted by Gasteiger charge is 2.48. The maximum atomic E-state index is 12.4. The smallest absolute Gasteiger partial charge is 0.316 e. The molecule has 1 aromatic rings. The highest BCUT2D eigenvalue weighted by molar-refractivity contribution is 5.25. The lowest BCUT2D eigenvalue weighted by Gasteiger charge is -2.54. The van der Waals surface area contributed by atoms with Crippen LogP contribution in [0, 0.1) is 5.41 Å². The third-order valence-electron chi connectivity index (χ3n) is 3.80. The molecule has 1 aliphatic heterocycles. The molecular formula is C12H13F3N2. The molecule has 1 spiro atoms. The van der Waals surface area contributed by atoms with E-state index >= 15 is 0 Å². The Morgan fingerprint density at radius 2 is 2.06 bits per heavy atom. The van der Waals surface area contributed by atoms with E-state index in [4.69, 9.17) is 1.41 Å². The molecule has 1 aliphatic carbocycles. The van der Waals surface area contributed by atoms with Crippen molar-refractivity contribution in [3.63, 3.8) is 0 Å². The molecule has 1 N–H and O–H groups in total. The molecule has 2 nitrogen and oxygen atoms in total. The summed E-state index contributed by atoms with van der Waals surface area (Å²) in [6.45, 7) is 1.58. The van der Waals surface area contributed by atoms with E-state index in [1.54, 1.807) is 0 Å². The lowest BCUT2D eigenvalue weighted by molar-refractivity contribution is -0.141. The standard InChI is InChI=1S/C12H13F3N2/c13-12(14,15)10-2-1-8(5-17-10)9-3-11(4-9)6-16-7-11/h1-2,5,9,16H,3-4,6-7H2/i/hD. The van der Waals surface area contributed by atoms with Crippen molar-refractivity contribution < 1.29 is 14.6 Å². The predicted molar refractivity (Wildman–Crippen MR) is 56.5 cm³/mol. The molecule has 1 aromatic heterocycles. The third-order valence-corrected chi connectivity index (χ3v) is 3.80. The lowest BCUT2D eigenvalue weighted by Crippen LogP contribution is -2.59. The number of nitrogens with one attached hydrogen (secondary N) is 1. The number of nitrogens with zero attached hydrogens (tertiary/aromatic N) is 1. The number of pyridine rings is 1. The van der Waals surface area contributed by atoms with Gasteiger partial charge in [-0.3, -0.25) is 4.98 Å². The SMILES string of the molecule is [2H]N1CC2(CC(c3ccc(C(F)(F)F)nc3)C2)C1. The van der Waals surface area contributed by atoms with Gasteiger partial charge in [-0.2, -0.15) is 13.2 Å². The average molecular weight is 243 g/mol. The summed E-state index contributed by atoms with van der Waals surface area (Å²) in [6.07, 6.45) is -1.08. The van der Waals surface area contributed by atoms with Crippen LogP contribution < -0.4 is 5.31 Å². The Labute approximate surface area is 98.7 Å². The van der Waals surface area contributed by atoms with Gasteiger partial charge in [0.25, 0.3) is 0 Å². The van der Waals surface area contributed by atoms with Gasteiger partial charge in [0.2, 0.25) is 0 Å². The van der Waals surface area contributed by atoms with Crippen LogP contribution in [-0.2, 0) is 6.18 Å². The van der Waals surface area contributed by atoms with Gasteiger partial charge in [0, 0.05) is 19.3 Å². The molecule has 1 saturated carbocycles. The first-order valence-corrected chi connectivity index (χ1v) is 5.65. The van der Waals surface area contributed by atoms with Gasteiger partial charge in [-0.25, -0.2) is 0 Å². The molecule has 0 amide bonds. The van der Waals surface area contributed by atoms with Crippen molar-refractivity contribution in [2.75, 3.05) is 13.1 Å². The summed E-state index contributed by atoms with van der Waals surface area (Å²) >= 11 is 0. The summed E-state index contributed by atoms with van der Waals surface area (Å²) in [4.78, 5) is 3.49. The Morgan fingerprint density at radius 1 is 1.35 bits per heavy atom. The maximum Gasteiger partial charge on any atom is 0.433 e. The zero-order chi connectivity index (χ0) is 13.0. The highest BCUT2D eigenvalue weighted by Crippen LogP contribution is 2.53. The van der Waals surface area contributed by atoms with Crippen LogP contribution in [0.15, 0.2) is 18.3 Å². The summed E-state index contributed by atoms with van der Waals surface area (Å²) in [5.41, 5.74) is 0.313. The fourth-order valence-electron chi connectivity index (χ4n) is 2.72. The Hall–Kier alpha value is -1.10. The van der Waals surface area contributed by atoms with Crippen molar-refractivity contribution in [3.8, 4) is 0 Å². The normalized spacial score (nSPS) is 25.2. The minimum atomic E-state index is -4.36. The quantitative estimate of drug-likeness (QED) is 0.820. The van der Waals surface area contributed by atoms with E-state index < -0.39 is 11.9 Å². The largest absolute Gasteiger partial charge is 0.433 e. The van der Waals surface area contributed by atoms with Crippen LogP contribution in [0.1, 0.15) is 30.0 Å². The Kier molecular flexibility index (Phi) is 2.00. The predicted octanol–water partition coefficient (Wildman–Crippen LogP) is 2.57. The van der Waals surface area contributed by atoms with Crippen LogP contribution in [0.2, 0.25) is 1.41 Å². The zero-order valence-corrected chi connectivity index (χ0v) is 9.17. The van der Waals surface area contributed by atoms with Crippen LogP contribution in [0.3, 0.4) is 0 Å². The number of alkyl halides is 3. The van der Waals surface area contributed by atoms with Crippen molar-refractivity contribution >= 4 is 0 Å². The molecular weight excluding hydrogens is 229 g/mol. The molecule has 0 aromatic carbocycles. The van der Waals surface area contributed by atoms with Gasteiger partial charge in [0.15, 0.2) is 0 Å². The van der Waals surface area contributed by atoms with Gasteiger partial charge >= 0.3 is 6.18 Å². The van der Waals surface area contributed by atoms with Crippen molar-refractivity contribution in [2.24, 2.45) is 5.41 Å². The molecule has 2 fully saturated rings. The molecule has 0 bridgehead atoms. The number of halogens is 3. The van der Waals surface area contributed by atoms with E-state index in [0.29, 0.717) is 5.92 Å². The first-order valence-electron chi connectivity index (χ1n) is 6.10. The van der Waals surface area contributed by atoms with E-state index in [-0.39, 0.29) is 5.41 Å². The fourth-order valence-corrected chi connectivity index (χ4v) is 2.72. The second kappa shape index (κ2) is 3.45. The monoisotopic (exact) mass is 243 g/mol. The van der Waals surface area contributed by atoms with E-state index in [2.05, 4.69) is 4.98 Å². The van der Waals surface area contributed by atoms with E-state index in [9.17, 15) is 13.2 Å². The summed E-state index contributed by atoms with van der Waals surface area (Å²) in [6, 6.07) is 2.59. The van der Waals surface area contributed by atoms with Crippen LogP contribution >= 0.6 is 0 Å². The van der Waals surface area contributed by atoms with Crippen molar-refractivity contribution in [1.29, 1.82) is 0 Å². The maximum absolute atomic E-state index is 12.4.